The predicted octanol–water partition coefficient (Wildman–Crippen LogP) is 4.36. The summed E-state index contributed by atoms with van der Waals surface area (Å²) in [6.45, 7) is 6.16. The van der Waals surface area contributed by atoms with Crippen molar-refractivity contribution in [2.24, 2.45) is 0 Å². The number of nitrogens with one attached hydrogen (secondary N) is 1. The summed E-state index contributed by atoms with van der Waals surface area (Å²) in [5, 5.41) is 8.06. The molecule has 1 aromatic heterocycles. The third-order valence-corrected chi connectivity index (χ3v) is 4.41. The van der Waals surface area contributed by atoms with Gasteiger partial charge in [-0.05, 0) is 69.2 Å². The maximum Gasteiger partial charge on any atom is 0.0760 e. The number of benzene rings is 1. The first-order valence-corrected chi connectivity index (χ1v) is 8.74. The molecule has 5 heteroatoms. The molecular formula is C15H19BrIN3. The summed E-state index contributed by atoms with van der Waals surface area (Å²) >= 11 is 6.01. The Morgan fingerprint density at radius 1 is 1.40 bits per heavy atom. The van der Waals surface area contributed by atoms with Gasteiger partial charge in [0.2, 0.25) is 0 Å². The first-order valence-electron chi connectivity index (χ1n) is 6.87. The Morgan fingerprint density at radius 2 is 2.20 bits per heavy atom. The molecule has 0 bridgehead atoms. The fourth-order valence-electron chi connectivity index (χ4n) is 2.31. The Morgan fingerprint density at radius 3 is 2.85 bits per heavy atom. The quantitative estimate of drug-likeness (QED) is 0.666. The van der Waals surface area contributed by atoms with Crippen LogP contribution in [0.25, 0.3) is 0 Å². The number of halogens is 2. The van der Waals surface area contributed by atoms with Crippen molar-refractivity contribution >= 4 is 38.5 Å². The van der Waals surface area contributed by atoms with Gasteiger partial charge in [0.25, 0.3) is 0 Å². The Hall–Kier alpha value is -0.400. The molecule has 3 nitrogen and oxygen atoms in total. The van der Waals surface area contributed by atoms with Gasteiger partial charge in [-0.2, -0.15) is 5.10 Å². The molecule has 1 atom stereocenters. The lowest BCUT2D eigenvalue weighted by Gasteiger charge is -2.21. The molecule has 20 heavy (non-hydrogen) atoms. The second-order valence-electron chi connectivity index (χ2n) is 4.65. The maximum absolute atomic E-state index is 4.48. The van der Waals surface area contributed by atoms with E-state index >= 15 is 0 Å². The SMILES string of the molecule is CCCn1ncc(Br)c1C(NCC)c1cccc(I)c1. The lowest BCUT2D eigenvalue weighted by Crippen LogP contribution is -2.25. The van der Waals surface area contributed by atoms with E-state index in [0.29, 0.717) is 0 Å². The van der Waals surface area contributed by atoms with Crippen molar-refractivity contribution < 1.29 is 0 Å². The van der Waals surface area contributed by atoms with Gasteiger partial charge < -0.3 is 5.32 Å². The molecule has 108 valence electrons. The van der Waals surface area contributed by atoms with Gasteiger partial charge >= 0.3 is 0 Å². The summed E-state index contributed by atoms with van der Waals surface area (Å²) in [4.78, 5) is 0. The van der Waals surface area contributed by atoms with E-state index in [1.165, 1.54) is 14.8 Å². The largest absolute Gasteiger partial charge is 0.305 e. The lowest BCUT2D eigenvalue weighted by molar-refractivity contribution is 0.519. The van der Waals surface area contributed by atoms with Gasteiger partial charge in [-0.25, -0.2) is 0 Å². The lowest BCUT2D eigenvalue weighted by atomic mass is 10.0. The zero-order valence-corrected chi connectivity index (χ0v) is 15.5. The first kappa shape index (κ1) is 16.0. The highest BCUT2D eigenvalue weighted by Crippen LogP contribution is 2.29. The Balaban J connectivity index is 2.45. The van der Waals surface area contributed by atoms with Crippen molar-refractivity contribution in [3.8, 4) is 0 Å². The van der Waals surface area contributed by atoms with E-state index in [-0.39, 0.29) is 6.04 Å². The van der Waals surface area contributed by atoms with Crippen molar-refractivity contribution in [3.05, 3.63) is 49.8 Å². The third-order valence-electron chi connectivity index (χ3n) is 3.13. The molecule has 2 aromatic rings. The normalized spacial score (nSPS) is 12.6. The molecule has 0 aliphatic rings. The van der Waals surface area contributed by atoms with Crippen LogP contribution in [-0.4, -0.2) is 16.3 Å². The minimum absolute atomic E-state index is 0.165. The molecule has 1 aromatic carbocycles. The number of nitrogens with zero attached hydrogens (tertiary/aromatic N) is 2. The molecule has 0 saturated carbocycles. The fraction of sp³-hybridized carbons (Fsp3) is 0.400. The number of hydrogen-bond acceptors (Lipinski definition) is 2. The van der Waals surface area contributed by atoms with E-state index in [9.17, 15) is 0 Å². The number of hydrogen-bond donors (Lipinski definition) is 1. The first-order chi connectivity index (χ1) is 9.67. The van der Waals surface area contributed by atoms with Gasteiger partial charge in [-0.15, -0.1) is 0 Å². The average Bonchev–Trinajstić information content (AvgIpc) is 2.78. The van der Waals surface area contributed by atoms with E-state index < -0.39 is 0 Å². The van der Waals surface area contributed by atoms with Crippen LogP contribution < -0.4 is 5.32 Å². The monoisotopic (exact) mass is 447 g/mol. The molecule has 0 amide bonds. The van der Waals surface area contributed by atoms with Crippen LogP contribution in [-0.2, 0) is 6.54 Å². The molecule has 0 radical (unpaired) electrons. The molecule has 0 saturated heterocycles. The van der Waals surface area contributed by atoms with Crippen LogP contribution in [0.1, 0.15) is 37.6 Å². The highest BCUT2D eigenvalue weighted by atomic mass is 127. The van der Waals surface area contributed by atoms with E-state index in [2.05, 4.69) is 91.7 Å². The summed E-state index contributed by atoms with van der Waals surface area (Å²) in [6.07, 6.45) is 2.97. The van der Waals surface area contributed by atoms with E-state index in [1.807, 2.05) is 6.20 Å². The maximum atomic E-state index is 4.48. The molecule has 0 aliphatic carbocycles. The van der Waals surface area contributed by atoms with Crippen LogP contribution in [0.3, 0.4) is 0 Å². The van der Waals surface area contributed by atoms with Gasteiger partial charge in [0.15, 0.2) is 0 Å². The van der Waals surface area contributed by atoms with Gasteiger partial charge in [0.1, 0.15) is 0 Å². The highest BCUT2D eigenvalue weighted by Gasteiger charge is 2.21. The topological polar surface area (TPSA) is 29.9 Å². The second kappa shape index (κ2) is 7.56. The molecule has 0 spiro atoms. The van der Waals surface area contributed by atoms with Crippen molar-refractivity contribution in [2.45, 2.75) is 32.9 Å². The van der Waals surface area contributed by atoms with Crippen molar-refractivity contribution in [3.63, 3.8) is 0 Å². The molecular weight excluding hydrogens is 429 g/mol. The van der Waals surface area contributed by atoms with Crippen molar-refractivity contribution in [1.29, 1.82) is 0 Å². The summed E-state index contributed by atoms with van der Waals surface area (Å²) < 4.78 is 4.41. The van der Waals surface area contributed by atoms with Gasteiger partial charge in [0.05, 0.1) is 22.4 Å². The third kappa shape index (κ3) is 3.62. The summed E-state index contributed by atoms with van der Waals surface area (Å²) in [5.41, 5.74) is 2.48. The van der Waals surface area contributed by atoms with Crippen LogP contribution in [0.15, 0.2) is 34.9 Å². The molecule has 1 heterocycles. The van der Waals surface area contributed by atoms with Crippen LogP contribution in [0.5, 0.6) is 0 Å². The van der Waals surface area contributed by atoms with E-state index in [0.717, 1.165) is 24.0 Å². The summed E-state index contributed by atoms with van der Waals surface area (Å²) in [7, 11) is 0. The number of rotatable bonds is 6. The van der Waals surface area contributed by atoms with Gasteiger partial charge in [-0.1, -0.05) is 26.0 Å². The Kier molecular flexibility index (Phi) is 6.04. The molecule has 2 rings (SSSR count). The standard InChI is InChI=1S/C15H19BrIN3/c1-3-8-20-15(13(16)10-19-20)14(18-4-2)11-6-5-7-12(17)9-11/h5-7,9-10,14,18H,3-4,8H2,1-2H3. The van der Waals surface area contributed by atoms with Crippen LogP contribution in [0, 0.1) is 3.57 Å². The zero-order valence-electron chi connectivity index (χ0n) is 11.7. The van der Waals surface area contributed by atoms with Crippen molar-refractivity contribution in [2.75, 3.05) is 6.54 Å². The van der Waals surface area contributed by atoms with Crippen LogP contribution in [0.2, 0.25) is 0 Å². The number of aromatic nitrogens is 2. The second-order valence-corrected chi connectivity index (χ2v) is 6.75. The van der Waals surface area contributed by atoms with Gasteiger partial charge in [-0.3, -0.25) is 4.68 Å². The Bertz CT molecular complexity index is 568. The zero-order chi connectivity index (χ0) is 14.5. The minimum atomic E-state index is 0.165. The van der Waals surface area contributed by atoms with E-state index in [1.54, 1.807) is 0 Å². The fourth-order valence-corrected chi connectivity index (χ4v) is 3.40. The van der Waals surface area contributed by atoms with Crippen molar-refractivity contribution in [1.82, 2.24) is 15.1 Å². The molecule has 0 fully saturated rings. The smallest absolute Gasteiger partial charge is 0.0760 e. The van der Waals surface area contributed by atoms with Crippen LogP contribution in [0.4, 0.5) is 0 Å². The molecule has 1 N–H and O–H groups in total. The predicted molar refractivity (Wildman–Crippen MR) is 94.9 cm³/mol. The summed E-state index contributed by atoms with van der Waals surface area (Å²) in [6, 6.07) is 8.79. The molecule has 1 unspecified atom stereocenters. The minimum Gasteiger partial charge on any atom is -0.305 e. The number of aryl methyl sites for hydroxylation is 1. The highest BCUT2D eigenvalue weighted by molar-refractivity contribution is 14.1. The van der Waals surface area contributed by atoms with E-state index in [4.69, 9.17) is 0 Å². The molecule has 0 aliphatic heterocycles. The van der Waals surface area contributed by atoms with Crippen LogP contribution >= 0.6 is 38.5 Å². The average molecular weight is 448 g/mol. The Labute approximate surface area is 142 Å². The van der Waals surface area contributed by atoms with Gasteiger partial charge in [0, 0.05) is 10.1 Å². The summed E-state index contributed by atoms with van der Waals surface area (Å²) in [5.74, 6) is 0.